The van der Waals surface area contributed by atoms with Gasteiger partial charge in [-0.1, -0.05) is 12.1 Å². The summed E-state index contributed by atoms with van der Waals surface area (Å²) in [6, 6.07) is 5.81. The van der Waals surface area contributed by atoms with Gasteiger partial charge in [0.05, 0.1) is 0 Å². The van der Waals surface area contributed by atoms with Crippen LogP contribution in [0.2, 0.25) is 0 Å². The van der Waals surface area contributed by atoms with Gasteiger partial charge in [0.2, 0.25) is 0 Å². The van der Waals surface area contributed by atoms with Gasteiger partial charge in [-0.3, -0.25) is 0 Å². The Bertz CT molecular complexity index is 260. The van der Waals surface area contributed by atoms with Crippen LogP contribution in [-0.4, -0.2) is 39.2 Å². The van der Waals surface area contributed by atoms with E-state index in [1.165, 1.54) is 12.1 Å². The van der Waals surface area contributed by atoms with Crippen LogP contribution >= 0.6 is 0 Å². The van der Waals surface area contributed by atoms with Gasteiger partial charge in [-0.2, -0.15) is 0 Å². The molecule has 4 heteroatoms. The molecule has 0 atom stereocenters. The van der Waals surface area contributed by atoms with Crippen LogP contribution in [0.15, 0.2) is 24.3 Å². The molecule has 0 bridgehead atoms. The number of para-hydroxylation sites is 1. The Balaban J connectivity index is 0.000001000. The highest BCUT2D eigenvalue weighted by molar-refractivity contribution is 5.90. The molecule has 0 saturated carbocycles. The van der Waals surface area contributed by atoms with Crippen LogP contribution in [-0.2, 0) is 0 Å². The van der Waals surface area contributed by atoms with Gasteiger partial charge in [0, 0.05) is 23.1 Å². The van der Waals surface area contributed by atoms with E-state index in [0.717, 1.165) is 0 Å². The minimum atomic E-state index is -1.11. The number of benzene rings is 1. The highest BCUT2D eigenvalue weighted by Crippen LogP contribution is 2.14. The second-order valence-corrected chi connectivity index (χ2v) is 1.82. The largest absolute Gasteiger partial charge is 0.507 e. The van der Waals surface area contributed by atoms with E-state index >= 15 is 0 Å². The van der Waals surface area contributed by atoms with Gasteiger partial charge in [0.25, 0.3) is 0 Å². The van der Waals surface area contributed by atoms with Crippen molar-refractivity contribution in [2.75, 3.05) is 0 Å². The summed E-state index contributed by atoms with van der Waals surface area (Å²) in [4.78, 5) is 10.3. The van der Waals surface area contributed by atoms with E-state index in [1.807, 2.05) is 0 Å². The fourth-order valence-electron chi connectivity index (χ4n) is 0.654. The SMILES string of the molecule is O=C(O)c1ccccc1O.[Mg]. The van der Waals surface area contributed by atoms with Crippen molar-refractivity contribution in [3.63, 3.8) is 0 Å². The predicted molar refractivity (Wildman–Crippen MR) is 40.8 cm³/mol. The van der Waals surface area contributed by atoms with E-state index in [-0.39, 0.29) is 34.4 Å². The lowest BCUT2D eigenvalue weighted by molar-refractivity contribution is 0.0694. The van der Waals surface area contributed by atoms with Crippen LogP contribution in [0.4, 0.5) is 0 Å². The normalized spacial score (nSPS) is 8.36. The first-order chi connectivity index (χ1) is 4.72. The first-order valence-corrected chi connectivity index (χ1v) is 2.73. The molecule has 0 saturated heterocycles. The third kappa shape index (κ3) is 2.40. The summed E-state index contributed by atoms with van der Waals surface area (Å²) < 4.78 is 0. The first-order valence-electron chi connectivity index (χ1n) is 2.73. The molecule has 0 heterocycles. The molecule has 0 aliphatic carbocycles. The Morgan fingerprint density at radius 1 is 1.27 bits per heavy atom. The topological polar surface area (TPSA) is 57.5 Å². The van der Waals surface area contributed by atoms with Gasteiger partial charge in [-0.15, -0.1) is 0 Å². The smallest absolute Gasteiger partial charge is 0.339 e. The quantitative estimate of drug-likeness (QED) is 0.598. The van der Waals surface area contributed by atoms with Gasteiger partial charge in [0.1, 0.15) is 11.3 Å². The molecule has 0 spiro atoms. The third-order valence-electron chi connectivity index (χ3n) is 1.13. The number of rotatable bonds is 1. The summed E-state index contributed by atoms with van der Waals surface area (Å²) in [5, 5.41) is 17.3. The van der Waals surface area contributed by atoms with Crippen molar-refractivity contribution >= 4 is 29.0 Å². The molecular weight excluding hydrogens is 156 g/mol. The zero-order valence-corrected chi connectivity index (χ0v) is 7.23. The number of carbonyl (C=O) groups is 1. The minimum Gasteiger partial charge on any atom is -0.507 e. The average Bonchev–Trinajstić information content (AvgIpc) is 1.88. The Kier molecular flexibility index (Phi) is 3.92. The molecule has 3 nitrogen and oxygen atoms in total. The second kappa shape index (κ2) is 4.20. The Morgan fingerprint density at radius 2 is 1.82 bits per heavy atom. The van der Waals surface area contributed by atoms with Crippen LogP contribution < -0.4 is 0 Å². The standard InChI is InChI=1S/C7H6O3.Mg/c8-6-4-2-1-3-5(6)7(9)10;/h1-4,8H,(H,9,10);. The van der Waals surface area contributed by atoms with Crippen LogP contribution in [0.25, 0.3) is 0 Å². The molecule has 2 N–H and O–H groups in total. The lowest BCUT2D eigenvalue weighted by Crippen LogP contribution is -1.95. The summed E-state index contributed by atoms with van der Waals surface area (Å²) in [6.07, 6.45) is 0. The van der Waals surface area contributed by atoms with E-state index in [2.05, 4.69) is 0 Å². The van der Waals surface area contributed by atoms with E-state index in [1.54, 1.807) is 12.1 Å². The number of aromatic hydroxyl groups is 1. The molecule has 0 aliphatic heterocycles. The van der Waals surface area contributed by atoms with Crippen molar-refractivity contribution in [1.82, 2.24) is 0 Å². The lowest BCUT2D eigenvalue weighted by Gasteiger charge is -1.95. The Morgan fingerprint density at radius 3 is 2.18 bits per heavy atom. The molecule has 0 amide bonds. The predicted octanol–water partition coefficient (Wildman–Crippen LogP) is 0.710. The number of hydrogen-bond donors (Lipinski definition) is 2. The fourth-order valence-corrected chi connectivity index (χ4v) is 0.654. The van der Waals surface area contributed by atoms with Crippen molar-refractivity contribution in [3.8, 4) is 5.75 Å². The molecule has 1 rings (SSSR count). The summed E-state index contributed by atoms with van der Waals surface area (Å²) >= 11 is 0. The van der Waals surface area contributed by atoms with Crippen molar-refractivity contribution in [2.24, 2.45) is 0 Å². The van der Waals surface area contributed by atoms with E-state index in [0.29, 0.717) is 0 Å². The second-order valence-electron chi connectivity index (χ2n) is 1.82. The molecule has 2 radical (unpaired) electrons. The van der Waals surface area contributed by atoms with E-state index < -0.39 is 5.97 Å². The zero-order valence-electron chi connectivity index (χ0n) is 5.82. The van der Waals surface area contributed by atoms with Crippen LogP contribution in [0, 0.1) is 0 Å². The number of aromatic carboxylic acids is 1. The summed E-state index contributed by atoms with van der Waals surface area (Å²) in [5.41, 5.74) is -0.0671. The van der Waals surface area contributed by atoms with E-state index in [4.69, 9.17) is 10.2 Å². The maximum Gasteiger partial charge on any atom is 0.339 e. The zero-order chi connectivity index (χ0) is 7.56. The third-order valence-corrected chi connectivity index (χ3v) is 1.13. The maximum atomic E-state index is 10.3. The van der Waals surface area contributed by atoms with Crippen LogP contribution in [0.5, 0.6) is 5.75 Å². The van der Waals surface area contributed by atoms with Crippen LogP contribution in [0.3, 0.4) is 0 Å². The highest BCUT2D eigenvalue weighted by atomic mass is 24.3. The molecule has 0 fully saturated rings. The summed E-state index contributed by atoms with van der Waals surface area (Å²) in [5.74, 6) is -1.31. The minimum absolute atomic E-state index is 0. The molecule has 0 aromatic heterocycles. The molecule has 1 aromatic carbocycles. The van der Waals surface area contributed by atoms with Gasteiger partial charge >= 0.3 is 5.97 Å². The fraction of sp³-hybridized carbons (Fsp3) is 0. The highest BCUT2D eigenvalue weighted by Gasteiger charge is 2.05. The first kappa shape index (κ1) is 10.3. The molecule has 54 valence electrons. The van der Waals surface area contributed by atoms with Crippen molar-refractivity contribution < 1.29 is 15.0 Å². The van der Waals surface area contributed by atoms with Crippen molar-refractivity contribution in [2.45, 2.75) is 0 Å². The van der Waals surface area contributed by atoms with Gasteiger partial charge in [0.15, 0.2) is 0 Å². The Hall–Kier alpha value is -0.744. The van der Waals surface area contributed by atoms with Crippen molar-refractivity contribution in [3.05, 3.63) is 29.8 Å². The average molecular weight is 162 g/mol. The van der Waals surface area contributed by atoms with Crippen LogP contribution in [0.1, 0.15) is 10.4 Å². The number of phenols is 1. The summed E-state index contributed by atoms with van der Waals surface area (Å²) in [7, 11) is 0. The Labute approximate surface area is 79.8 Å². The maximum absolute atomic E-state index is 10.3. The number of hydrogen-bond acceptors (Lipinski definition) is 2. The lowest BCUT2D eigenvalue weighted by atomic mass is 10.2. The van der Waals surface area contributed by atoms with Gasteiger partial charge in [-0.05, 0) is 12.1 Å². The molecule has 0 unspecified atom stereocenters. The van der Waals surface area contributed by atoms with Gasteiger partial charge in [-0.25, -0.2) is 4.79 Å². The molecule has 11 heavy (non-hydrogen) atoms. The summed E-state index contributed by atoms with van der Waals surface area (Å²) in [6.45, 7) is 0. The van der Waals surface area contributed by atoms with Crippen molar-refractivity contribution in [1.29, 1.82) is 0 Å². The monoisotopic (exact) mass is 162 g/mol. The molecular formula is C7H6MgO3. The van der Waals surface area contributed by atoms with Gasteiger partial charge < -0.3 is 10.2 Å². The molecule has 0 aliphatic rings. The number of carboxylic acids is 1. The molecule has 1 aromatic rings. The number of carboxylic acid groups (broad SMARTS) is 1. The van der Waals surface area contributed by atoms with E-state index in [9.17, 15) is 4.79 Å².